The second-order valence-corrected chi connectivity index (χ2v) is 30.6. The van der Waals surface area contributed by atoms with Crippen LogP contribution in [0.3, 0.4) is 0 Å². The van der Waals surface area contributed by atoms with Gasteiger partial charge in [0.2, 0.25) is 0 Å². The molecule has 6 aliphatic rings. The number of aliphatic imine (C=N–C) groups is 3. The first-order valence-electron chi connectivity index (χ1n) is 35.3. The van der Waals surface area contributed by atoms with Crippen molar-refractivity contribution in [2.24, 2.45) is 15.0 Å². The van der Waals surface area contributed by atoms with Crippen LogP contribution in [0.4, 0.5) is 26.3 Å². The number of carboxylic acid groups (broad SMARTS) is 3. The van der Waals surface area contributed by atoms with Crippen LogP contribution in [0.1, 0.15) is 116 Å². The van der Waals surface area contributed by atoms with Crippen molar-refractivity contribution in [3.63, 3.8) is 0 Å². The van der Waals surface area contributed by atoms with E-state index in [0.717, 1.165) is 18.2 Å². The van der Waals surface area contributed by atoms with Crippen molar-refractivity contribution in [1.29, 1.82) is 0 Å². The molecule has 3 aromatic carbocycles. The molecular formula is C73H77Br3F6N12O15S3. The fraction of sp³-hybridized carbons (Fsp3) is 0.425. The number of hydrogen-bond donors (Lipinski definition) is 6. The van der Waals surface area contributed by atoms with E-state index in [1.165, 1.54) is 52.2 Å². The van der Waals surface area contributed by atoms with Crippen molar-refractivity contribution in [1.82, 2.24) is 45.6 Å². The Morgan fingerprint density at radius 3 is 1.30 bits per heavy atom. The van der Waals surface area contributed by atoms with Gasteiger partial charge >= 0.3 is 35.8 Å². The second-order valence-electron chi connectivity index (χ2n) is 25.5. The number of hydrogen-bond acceptors (Lipinski definition) is 27. The van der Waals surface area contributed by atoms with Crippen LogP contribution in [0.25, 0.3) is 0 Å². The molecule has 0 aliphatic carbocycles. The number of halogens is 9. The van der Waals surface area contributed by atoms with E-state index in [-0.39, 0.29) is 130 Å². The van der Waals surface area contributed by atoms with Gasteiger partial charge in [0.05, 0.1) is 88.6 Å². The lowest BCUT2D eigenvalue weighted by molar-refractivity contribution is -0.140. The number of amidine groups is 3. The summed E-state index contributed by atoms with van der Waals surface area (Å²) in [5.74, 6) is -9.89. The van der Waals surface area contributed by atoms with Crippen LogP contribution in [0.2, 0.25) is 0 Å². The number of thiazole rings is 3. The van der Waals surface area contributed by atoms with Gasteiger partial charge in [-0.1, -0.05) is 18.2 Å². The molecule has 27 nitrogen and oxygen atoms in total. The first-order chi connectivity index (χ1) is 53.8. The zero-order valence-corrected chi connectivity index (χ0v) is 67.7. The van der Waals surface area contributed by atoms with Gasteiger partial charge in [-0.15, -0.1) is 34.0 Å². The summed E-state index contributed by atoms with van der Waals surface area (Å²) in [6.45, 7) is 11.6. The second kappa shape index (κ2) is 40.7. The fourth-order valence-electron chi connectivity index (χ4n) is 13.1. The molecule has 39 heteroatoms. The third-order valence-corrected chi connectivity index (χ3v) is 23.1. The summed E-state index contributed by atoms with van der Waals surface area (Å²) in [5, 5.41) is 44.1. The SMILES string of the molecule is CCOC(=O)C1=C(CN2CCOC[C@H]2CCC(=O)O)NC(c2nccs2)=N[C@H]1c1ccc(F)c(F)c1Br.CCOC(=O)C1=C(CN2CCO[C@H](C)[C@H]2CCC(=O)O)NC(c2nccs2)=N[C@H]1c1ccc(F)c(F)c1Br.CCOC(=O)C1=C(CN2CCO[C@H](CCC(=O)O)C2)NC(c2nccs2)=N[C@H]1c1ccc(F)c(F)c1Br. The molecule has 600 valence electrons. The molecule has 3 fully saturated rings. The Bertz CT molecular complexity index is 4600. The first kappa shape index (κ1) is 86.2. The number of morpholine rings is 3. The van der Waals surface area contributed by atoms with Gasteiger partial charge in [0.25, 0.3) is 0 Å². The monoisotopic (exact) mass is 1810 g/mol. The summed E-state index contributed by atoms with van der Waals surface area (Å²) < 4.78 is 118. The molecule has 6 aromatic rings. The number of aromatic nitrogens is 3. The predicted molar refractivity (Wildman–Crippen MR) is 410 cm³/mol. The molecule has 12 rings (SSSR count). The van der Waals surface area contributed by atoms with Crippen molar-refractivity contribution >= 4 is 135 Å². The van der Waals surface area contributed by atoms with Gasteiger partial charge in [-0.05, 0) is 130 Å². The summed E-state index contributed by atoms with van der Waals surface area (Å²) in [6, 6.07) is 3.65. The normalized spacial score (nSPS) is 21.0. The van der Waals surface area contributed by atoms with E-state index in [4.69, 9.17) is 43.6 Å². The number of nitrogens with zero attached hydrogens (tertiary/aromatic N) is 9. The standard InChI is InChI=1S/C25H27BrF2N4O5S.2C24H25BrF2N4O5S/c1-3-36-25(35)19-16(12-32-9-10-37-13(2)17(32)6-7-18(33)34)30-23(24-29-8-11-38-24)31-22(19)14-4-5-15(27)21(28)20(14)26;1-2-36-24(34)18-16(11-31-8-9-35-12-13(31)3-6-17(32)33)29-22(23-28-7-10-37-23)30-21(18)14-4-5-15(26)20(27)19(14)25;1-2-35-24(34)18-16(12-31-8-9-36-13(11-31)3-6-17(32)33)29-22(23-28-7-10-37-23)30-21(18)14-4-5-15(26)20(27)19(14)25/h4-5,8,11,13,17,22H,3,6-7,9-10,12H2,1-2H3,(H,30,31)(H,33,34);2*4-5,7,10,13,21H,2-3,6,8-9,11-12H2,1H3,(H,29,30)(H,32,33)/t13-,17-,22+;2*13-,21+/m111/s1. The minimum absolute atomic E-state index is 0.0133. The van der Waals surface area contributed by atoms with Gasteiger partial charge in [-0.25, -0.2) is 55.7 Å². The maximum Gasteiger partial charge on any atom is 0.338 e. The molecule has 6 N–H and O–H groups in total. The van der Waals surface area contributed by atoms with Gasteiger partial charge < -0.3 is 59.7 Å². The van der Waals surface area contributed by atoms with Crippen molar-refractivity contribution in [3.8, 4) is 0 Å². The number of esters is 3. The Kier molecular flexibility index (Phi) is 31.3. The summed E-state index contributed by atoms with van der Waals surface area (Å²) >= 11 is 13.4. The molecule has 0 unspecified atom stereocenters. The predicted octanol–water partition coefficient (Wildman–Crippen LogP) is 11.4. The zero-order valence-electron chi connectivity index (χ0n) is 60.5. The van der Waals surface area contributed by atoms with Crippen LogP contribution in [-0.2, 0) is 57.2 Å². The Balaban J connectivity index is 0.000000178. The van der Waals surface area contributed by atoms with E-state index in [2.05, 4.69) is 93.6 Å². The quantitative estimate of drug-likeness (QED) is 0.0121. The van der Waals surface area contributed by atoms with Crippen LogP contribution in [0.5, 0.6) is 0 Å². The Hall–Kier alpha value is -8.22. The molecule has 0 amide bonds. The molecular weight excluding hydrogens is 1730 g/mol. The van der Waals surface area contributed by atoms with E-state index < -0.39 is 88.8 Å². The summed E-state index contributed by atoms with van der Waals surface area (Å²) in [6.07, 6.45) is 5.33. The average Bonchev–Trinajstić information content (AvgIpc) is 1.03. The van der Waals surface area contributed by atoms with Crippen LogP contribution < -0.4 is 16.0 Å². The van der Waals surface area contributed by atoms with Crippen molar-refractivity contribution < 1.29 is 98.9 Å². The number of aliphatic carboxylic acids is 3. The smallest absolute Gasteiger partial charge is 0.338 e. The molecule has 0 bridgehead atoms. The zero-order chi connectivity index (χ0) is 80.4. The largest absolute Gasteiger partial charge is 0.481 e. The minimum atomic E-state index is -1.09. The molecule has 0 saturated carbocycles. The number of rotatable bonds is 27. The molecule has 9 heterocycles. The molecule has 0 radical (unpaired) electrons. The third-order valence-electron chi connectivity index (χ3n) is 18.3. The lowest BCUT2D eigenvalue weighted by atomic mass is 9.94. The highest BCUT2D eigenvalue weighted by Crippen LogP contribution is 2.43. The van der Waals surface area contributed by atoms with Gasteiger partial charge in [0, 0.05) is 129 Å². The van der Waals surface area contributed by atoms with Gasteiger partial charge in [0.15, 0.2) is 67.4 Å². The number of carbonyl (C=O) groups excluding carboxylic acids is 3. The van der Waals surface area contributed by atoms with E-state index in [1.807, 2.05) is 16.7 Å². The fourth-order valence-corrected chi connectivity index (χ4v) is 16.4. The molecule has 0 spiro atoms. The minimum Gasteiger partial charge on any atom is -0.481 e. The maximum absolute atomic E-state index is 14.6. The highest BCUT2D eigenvalue weighted by Gasteiger charge is 2.42. The number of benzene rings is 3. The van der Waals surface area contributed by atoms with Gasteiger partial charge in [-0.3, -0.25) is 44.1 Å². The van der Waals surface area contributed by atoms with E-state index in [0.29, 0.717) is 121 Å². The van der Waals surface area contributed by atoms with Gasteiger partial charge in [-0.2, -0.15) is 0 Å². The van der Waals surface area contributed by atoms with Crippen LogP contribution in [-0.4, -0.2) is 215 Å². The van der Waals surface area contributed by atoms with Crippen molar-refractivity contribution in [2.45, 2.75) is 109 Å². The highest BCUT2D eigenvalue weighted by atomic mass is 79.9. The van der Waals surface area contributed by atoms with Crippen LogP contribution >= 0.6 is 81.8 Å². The van der Waals surface area contributed by atoms with Gasteiger partial charge in [0.1, 0.15) is 18.1 Å². The third kappa shape index (κ3) is 21.6. The first-order valence-corrected chi connectivity index (χ1v) is 40.3. The lowest BCUT2D eigenvalue weighted by Gasteiger charge is -2.41. The van der Waals surface area contributed by atoms with E-state index in [1.54, 1.807) is 55.5 Å². The Morgan fingerprint density at radius 2 is 0.902 bits per heavy atom. The molecule has 6 aliphatic heterocycles. The highest BCUT2D eigenvalue weighted by molar-refractivity contribution is 9.11. The summed E-state index contributed by atoms with van der Waals surface area (Å²) in [7, 11) is 0. The average molecular weight is 1810 g/mol. The number of ether oxygens (including phenoxy) is 6. The number of carboxylic acids is 3. The summed E-state index contributed by atoms with van der Waals surface area (Å²) in [4.78, 5) is 107. The van der Waals surface area contributed by atoms with E-state index in [9.17, 15) is 60.2 Å². The van der Waals surface area contributed by atoms with Crippen LogP contribution in [0.15, 0.2) is 133 Å². The maximum atomic E-state index is 14.6. The number of nitrogens with one attached hydrogen (secondary N) is 3. The Morgan fingerprint density at radius 1 is 0.518 bits per heavy atom. The lowest BCUT2D eigenvalue weighted by Crippen LogP contribution is -2.52. The molecule has 3 aromatic heterocycles. The topological polar surface area (TPSA) is 340 Å². The van der Waals surface area contributed by atoms with Crippen molar-refractivity contribution in [2.75, 3.05) is 92.1 Å². The Labute approximate surface area is 675 Å². The summed E-state index contributed by atoms with van der Waals surface area (Å²) in [5.41, 5.74) is 2.63. The van der Waals surface area contributed by atoms with E-state index >= 15 is 0 Å². The molecule has 112 heavy (non-hydrogen) atoms. The number of carbonyl (C=O) groups is 6. The molecule has 7 atom stereocenters. The van der Waals surface area contributed by atoms with Crippen molar-refractivity contribution in [3.05, 3.63) is 185 Å². The van der Waals surface area contributed by atoms with Crippen LogP contribution in [0, 0.1) is 34.9 Å². The molecule has 3 saturated heterocycles.